The number of aliphatic carboxylic acids is 2. The minimum atomic E-state index is -1.26. The molecule has 0 bridgehead atoms. The van der Waals surface area contributed by atoms with Crippen LogP contribution >= 0.6 is 0 Å². The maximum Gasteiger partial charge on any atom is 0.328 e. The van der Waals surface area contributed by atoms with Crippen LogP contribution in [0.3, 0.4) is 0 Å². The van der Waals surface area contributed by atoms with E-state index in [0.29, 0.717) is 48.7 Å². The number of hydrogen-bond acceptors (Lipinski definition) is 8. The zero-order valence-electron chi connectivity index (χ0n) is 16.6. The SMILES string of the molecule is Cc1cc(O[C@H](CCNCCO)c2ccon2)c(C#N)cc1F.O=C(O)C=CC(=O)O. The van der Waals surface area contributed by atoms with Crippen molar-refractivity contribution in [3.63, 3.8) is 0 Å². The number of halogens is 1. The first-order valence-corrected chi connectivity index (χ1v) is 9.01. The summed E-state index contributed by atoms with van der Waals surface area (Å²) in [4.78, 5) is 19.1. The van der Waals surface area contributed by atoms with Gasteiger partial charge >= 0.3 is 11.9 Å². The fraction of sp³-hybridized carbons (Fsp3) is 0.300. The molecule has 0 saturated heterocycles. The predicted molar refractivity (Wildman–Crippen MR) is 105 cm³/mol. The minimum Gasteiger partial charge on any atom is -0.483 e. The molecule has 1 aromatic heterocycles. The van der Waals surface area contributed by atoms with Gasteiger partial charge in [0.25, 0.3) is 0 Å². The number of aliphatic hydroxyl groups excluding tert-OH is 1. The quantitative estimate of drug-likeness (QED) is 0.319. The molecule has 2 aromatic rings. The summed E-state index contributed by atoms with van der Waals surface area (Å²) < 4.78 is 24.3. The number of nitrogens with one attached hydrogen (secondary N) is 1. The van der Waals surface area contributed by atoms with Crippen molar-refractivity contribution in [3.05, 3.63) is 59.3 Å². The van der Waals surface area contributed by atoms with Crippen molar-refractivity contribution in [2.24, 2.45) is 0 Å². The summed E-state index contributed by atoms with van der Waals surface area (Å²) >= 11 is 0. The molecule has 1 heterocycles. The van der Waals surface area contributed by atoms with Crippen LogP contribution in [0.5, 0.6) is 5.75 Å². The van der Waals surface area contributed by atoms with E-state index in [-0.39, 0.29) is 12.2 Å². The molecule has 10 nitrogen and oxygen atoms in total. The molecule has 0 aliphatic carbocycles. The Morgan fingerprint density at radius 3 is 2.52 bits per heavy atom. The Balaban J connectivity index is 0.000000512. The highest BCUT2D eigenvalue weighted by Gasteiger charge is 2.19. The number of carboxylic acid groups (broad SMARTS) is 2. The number of carbonyl (C=O) groups is 2. The van der Waals surface area contributed by atoms with Gasteiger partial charge in [-0.1, -0.05) is 5.16 Å². The maximum absolute atomic E-state index is 13.6. The first kappa shape index (κ1) is 25.3. The lowest BCUT2D eigenvalue weighted by atomic mass is 10.1. The van der Waals surface area contributed by atoms with Gasteiger partial charge in [-0.3, -0.25) is 0 Å². The van der Waals surface area contributed by atoms with Gasteiger partial charge in [-0.2, -0.15) is 5.26 Å². The molecule has 11 heteroatoms. The van der Waals surface area contributed by atoms with Crippen molar-refractivity contribution in [1.29, 1.82) is 5.26 Å². The number of aryl methyl sites for hydroxylation is 1. The summed E-state index contributed by atoms with van der Waals surface area (Å²) in [6, 6.07) is 6.28. The first-order chi connectivity index (χ1) is 14.8. The Bertz CT molecular complexity index is 908. The van der Waals surface area contributed by atoms with E-state index in [1.54, 1.807) is 13.0 Å². The van der Waals surface area contributed by atoms with Gasteiger partial charge in [0.05, 0.1) is 12.2 Å². The molecule has 0 radical (unpaired) electrons. The minimum absolute atomic E-state index is 0.0468. The number of aromatic nitrogens is 1. The van der Waals surface area contributed by atoms with Crippen LogP contribution < -0.4 is 10.1 Å². The molecular formula is C20H22FN3O7. The van der Waals surface area contributed by atoms with Crippen molar-refractivity contribution < 1.29 is 38.6 Å². The highest BCUT2D eigenvalue weighted by molar-refractivity contribution is 5.89. The third kappa shape index (κ3) is 9.53. The monoisotopic (exact) mass is 435 g/mol. The number of aliphatic hydroxyl groups is 1. The number of hydrogen-bond donors (Lipinski definition) is 4. The van der Waals surface area contributed by atoms with Crippen LogP contribution in [0.2, 0.25) is 0 Å². The highest BCUT2D eigenvalue weighted by Crippen LogP contribution is 2.28. The van der Waals surface area contributed by atoms with Crippen LogP contribution in [-0.4, -0.2) is 52.1 Å². The molecule has 0 amide bonds. The maximum atomic E-state index is 13.6. The third-order valence-electron chi connectivity index (χ3n) is 3.68. The number of benzene rings is 1. The molecule has 1 aromatic carbocycles. The van der Waals surface area contributed by atoms with E-state index in [1.807, 2.05) is 6.07 Å². The lowest BCUT2D eigenvalue weighted by Gasteiger charge is -2.18. The van der Waals surface area contributed by atoms with E-state index in [9.17, 15) is 14.0 Å². The van der Waals surface area contributed by atoms with Crippen molar-refractivity contribution in [2.75, 3.05) is 19.7 Å². The van der Waals surface area contributed by atoms with Crippen molar-refractivity contribution in [1.82, 2.24) is 10.5 Å². The fourth-order valence-electron chi connectivity index (χ4n) is 2.23. The molecule has 0 aliphatic rings. The molecular weight excluding hydrogens is 413 g/mol. The Hall–Kier alpha value is -3.75. The molecule has 2 rings (SSSR count). The van der Waals surface area contributed by atoms with Gasteiger partial charge in [-0.05, 0) is 31.2 Å². The summed E-state index contributed by atoms with van der Waals surface area (Å²) in [5.74, 6) is -2.65. The van der Waals surface area contributed by atoms with Crippen molar-refractivity contribution >= 4 is 11.9 Å². The number of nitrogens with zero attached hydrogens (tertiary/aromatic N) is 2. The van der Waals surface area contributed by atoms with Crippen LogP contribution in [0.4, 0.5) is 4.39 Å². The van der Waals surface area contributed by atoms with Gasteiger partial charge in [-0.25, -0.2) is 14.0 Å². The Labute approximate surface area is 177 Å². The van der Waals surface area contributed by atoms with E-state index < -0.39 is 23.9 Å². The molecule has 0 unspecified atom stereocenters. The number of rotatable bonds is 10. The summed E-state index contributed by atoms with van der Waals surface area (Å²) in [6.07, 6.45) is 2.66. The summed E-state index contributed by atoms with van der Waals surface area (Å²) in [5, 5.41) is 40.5. The molecule has 0 spiro atoms. The van der Waals surface area contributed by atoms with Gasteiger partial charge < -0.3 is 29.9 Å². The Kier molecular flexibility index (Phi) is 11.0. The number of carboxylic acids is 2. The van der Waals surface area contributed by atoms with Crippen molar-refractivity contribution in [3.8, 4) is 11.8 Å². The van der Waals surface area contributed by atoms with E-state index >= 15 is 0 Å². The van der Waals surface area contributed by atoms with Gasteiger partial charge in [0.1, 0.15) is 35.7 Å². The van der Waals surface area contributed by atoms with Crippen LogP contribution in [0.15, 0.2) is 41.1 Å². The summed E-state index contributed by atoms with van der Waals surface area (Å²) in [5.41, 5.74) is 1.11. The molecule has 1 atom stereocenters. The normalized spacial score (nSPS) is 11.3. The second-order valence-electron chi connectivity index (χ2n) is 6.01. The third-order valence-corrected chi connectivity index (χ3v) is 3.68. The van der Waals surface area contributed by atoms with E-state index in [0.717, 1.165) is 6.07 Å². The molecule has 31 heavy (non-hydrogen) atoms. The van der Waals surface area contributed by atoms with Crippen LogP contribution in [0, 0.1) is 24.1 Å². The van der Waals surface area contributed by atoms with Gasteiger partial charge in [-0.15, -0.1) is 0 Å². The van der Waals surface area contributed by atoms with Gasteiger partial charge in [0.15, 0.2) is 0 Å². The molecule has 0 saturated carbocycles. The lowest BCUT2D eigenvalue weighted by molar-refractivity contribution is -0.134. The Morgan fingerprint density at radius 2 is 2.00 bits per heavy atom. The largest absolute Gasteiger partial charge is 0.483 e. The Morgan fingerprint density at radius 1 is 1.32 bits per heavy atom. The predicted octanol–water partition coefficient (Wildman–Crippen LogP) is 1.80. The van der Waals surface area contributed by atoms with Gasteiger partial charge in [0, 0.05) is 31.2 Å². The highest BCUT2D eigenvalue weighted by atomic mass is 19.1. The average molecular weight is 435 g/mol. The fourth-order valence-corrected chi connectivity index (χ4v) is 2.23. The van der Waals surface area contributed by atoms with Gasteiger partial charge in [0.2, 0.25) is 0 Å². The zero-order valence-corrected chi connectivity index (χ0v) is 16.6. The first-order valence-electron chi connectivity index (χ1n) is 9.01. The van der Waals surface area contributed by atoms with Crippen LogP contribution in [-0.2, 0) is 9.59 Å². The number of ether oxygens (including phenoxy) is 1. The standard InChI is InChI=1S/C16H18FN3O3.C4H4O4/c1-11-8-16(12(10-18)9-13(11)17)23-15(2-4-19-5-6-21)14-3-7-22-20-14;5-3(6)1-2-4(7)8/h3,7-9,15,19,21H,2,4-6H2,1H3;1-2H,(H,5,6)(H,7,8)/t15-;/m1./s1. The smallest absolute Gasteiger partial charge is 0.328 e. The second kappa shape index (κ2) is 13.5. The van der Waals surface area contributed by atoms with Crippen molar-refractivity contribution in [2.45, 2.75) is 19.4 Å². The van der Waals surface area contributed by atoms with Crippen LogP contribution in [0.25, 0.3) is 0 Å². The lowest BCUT2D eigenvalue weighted by Crippen LogP contribution is -2.23. The van der Waals surface area contributed by atoms with Crippen LogP contribution in [0.1, 0.15) is 29.3 Å². The molecule has 166 valence electrons. The molecule has 4 N–H and O–H groups in total. The molecule has 0 fully saturated rings. The van der Waals surface area contributed by atoms with E-state index in [1.165, 1.54) is 12.3 Å². The number of nitriles is 1. The van der Waals surface area contributed by atoms with E-state index in [2.05, 4.69) is 10.5 Å². The summed E-state index contributed by atoms with van der Waals surface area (Å²) in [7, 11) is 0. The average Bonchev–Trinajstić information content (AvgIpc) is 3.26. The molecule has 0 aliphatic heterocycles. The zero-order chi connectivity index (χ0) is 23.2. The second-order valence-corrected chi connectivity index (χ2v) is 6.01. The topological polar surface area (TPSA) is 166 Å². The summed E-state index contributed by atoms with van der Waals surface area (Å²) in [6.45, 7) is 2.72. The van der Waals surface area contributed by atoms with E-state index in [4.69, 9.17) is 29.8 Å².